The fourth-order valence-electron chi connectivity index (χ4n) is 3.26. The van der Waals surface area contributed by atoms with Crippen LogP contribution >= 0.6 is 11.6 Å². The number of aromatic nitrogens is 3. The Labute approximate surface area is 160 Å². The number of benzene rings is 1. The van der Waals surface area contributed by atoms with E-state index in [4.69, 9.17) is 20.9 Å². The Bertz CT molecular complexity index is 943. The van der Waals surface area contributed by atoms with Gasteiger partial charge < -0.3 is 14.2 Å². The van der Waals surface area contributed by atoms with Gasteiger partial charge in [-0.15, -0.1) is 0 Å². The summed E-state index contributed by atoms with van der Waals surface area (Å²) in [6.07, 6.45) is 1.53. The first kappa shape index (κ1) is 18.1. The minimum atomic E-state index is -0.329. The molecule has 0 aliphatic carbocycles. The zero-order valence-electron chi connectivity index (χ0n) is 14.9. The highest BCUT2D eigenvalue weighted by molar-refractivity contribution is 6.35. The van der Waals surface area contributed by atoms with Gasteiger partial charge in [0.25, 0.3) is 0 Å². The molecule has 0 N–H and O–H groups in total. The van der Waals surface area contributed by atoms with Crippen LogP contribution in [0, 0.1) is 5.82 Å². The van der Waals surface area contributed by atoms with Gasteiger partial charge in [0.2, 0.25) is 5.89 Å². The van der Waals surface area contributed by atoms with E-state index in [2.05, 4.69) is 20.0 Å². The van der Waals surface area contributed by atoms with Gasteiger partial charge in [-0.25, -0.2) is 4.39 Å². The first-order valence-corrected chi connectivity index (χ1v) is 9.04. The van der Waals surface area contributed by atoms with E-state index in [1.807, 2.05) is 11.0 Å². The third-order valence-electron chi connectivity index (χ3n) is 4.63. The zero-order chi connectivity index (χ0) is 18.8. The molecule has 142 valence electrons. The van der Waals surface area contributed by atoms with Crippen LogP contribution in [0.1, 0.15) is 11.7 Å². The maximum atomic E-state index is 14.9. The molecule has 3 aromatic rings. The van der Waals surface area contributed by atoms with E-state index < -0.39 is 0 Å². The Morgan fingerprint density at radius 1 is 1.22 bits per heavy atom. The van der Waals surface area contributed by atoms with Gasteiger partial charge in [0.1, 0.15) is 12.1 Å². The lowest BCUT2D eigenvalue weighted by atomic mass is 10.1. The van der Waals surface area contributed by atoms with Crippen molar-refractivity contribution in [1.29, 1.82) is 0 Å². The van der Waals surface area contributed by atoms with Crippen LogP contribution in [0.2, 0.25) is 5.02 Å². The van der Waals surface area contributed by atoms with Crippen LogP contribution in [0.3, 0.4) is 0 Å². The highest BCUT2D eigenvalue weighted by Crippen LogP contribution is 2.30. The van der Waals surface area contributed by atoms with Crippen LogP contribution in [0.5, 0.6) is 0 Å². The normalized spacial score (nSPS) is 15.6. The van der Waals surface area contributed by atoms with Gasteiger partial charge in [-0.3, -0.25) is 9.88 Å². The summed E-state index contributed by atoms with van der Waals surface area (Å²) >= 11 is 6.13. The van der Waals surface area contributed by atoms with Gasteiger partial charge in [-0.2, -0.15) is 4.98 Å². The van der Waals surface area contributed by atoms with Crippen molar-refractivity contribution < 1.29 is 13.7 Å². The molecule has 0 unspecified atom stereocenters. The smallest absolute Gasteiger partial charge is 0.240 e. The Balaban J connectivity index is 1.43. The number of hydrogen-bond donors (Lipinski definition) is 0. The standard InChI is InChI=1S/C18H19ClFN5O2/c1-26-11-15-22-16(27-23-15)10-24-6-8-25(9-7-24)14-3-2-12-13(19)4-5-21-18(12)17(14)20/h2-5H,6-11H2,1H3. The third-order valence-corrected chi connectivity index (χ3v) is 4.96. The number of pyridine rings is 1. The van der Waals surface area contributed by atoms with E-state index in [-0.39, 0.29) is 5.82 Å². The quantitative estimate of drug-likeness (QED) is 0.662. The summed E-state index contributed by atoms with van der Waals surface area (Å²) in [4.78, 5) is 12.7. The van der Waals surface area contributed by atoms with Crippen LogP contribution in [0.25, 0.3) is 10.9 Å². The maximum absolute atomic E-state index is 14.9. The highest BCUT2D eigenvalue weighted by atomic mass is 35.5. The Morgan fingerprint density at radius 2 is 2.04 bits per heavy atom. The molecule has 0 radical (unpaired) electrons. The first-order chi connectivity index (χ1) is 13.2. The van der Waals surface area contributed by atoms with Crippen LogP contribution in [0.4, 0.5) is 10.1 Å². The molecule has 1 saturated heterocycles. The lowest BCUT2D eigenvalue weighted by Crippen LogP contribution is -2.46. The fourth-order valence-corrected chi connectivity index (χ4v) is 3.47. The molecule has 7 nitrogen and oxygen atoms in total. The molecule has 1 aliphatic heterocycles. The Kier molecular flexibility index (Phi) is 5.20. The van der Waals surface area contributed by atoms with E-state index in [0.717, 1.165) is 13.1 Å². The molecular formula is C18H19ClFN5O2. The average molecular weight is 392 g/mol. The predicted molar refractivity (Wildman–Crippen MR) is 99.2 cm³/mol. The van der Waals surface area contributed by atoms with Crippen molar-refractivity contribution >= 4 is 28.2 Å². The van der Waals surface area contributed by atoms with E-state index in [1.54, 1.807) is 19.2 Å². The molecule has 1 fully saturated rings. The minimum absolute atomic E-state index is 0.305. The summed E-state index contributed by atoms with van der Waals surface area (Å²) in [7, 11) is 1.59. The summed E-state index contributed by atoms with van der Waals surface area (Å²) in [5, 5.41) is 5.00. The number of nitrogens with zero attached hydrogens (tertiary/aromatic N) is 5. The number of rotatable bonds is 5. The van der Waals surface area contributed by atoms with Crippen molar-refractivity contribution in [3.05, 3.63) is 47.0 Å². The van der Waals surface area contributed by atoms with Gasteiger partial charge in [-0.1, -0.05) is 16.8 Å². The second kappa shape index (κ2) is 7.75. The molecule has 1 aliphatic rings. The molecule has 0 atom stereocenters. The molecule has 0 spiro atoms. The second-order valence-corrected chi connectivity index (χ2v) is 6.80. The fraction of sp³-hybridized carbons (Fsp3) is 0.389. The first-order valence-electron chi connectivity index (χ1n) is 8.66. The molecule has 2 aromatic heterocycles. The highest BCUT2D eigenvalue weighted by Gasteiger charge is 2.22. The molecule has 0 saturated carbocycles. The van der Waals surface area contributed by atoms with Gasteiger partial charge in [-0.05, 0) is 18.2 Å². The number of anilines is 1. The van der Waals surface area contributed by atoms with Gasteiger partial charge >= 0.3 is 0 Å². The van der Waals surface area contributed by atoms with Crippen LogP contribution in [-0.4, -0.2) is 53.3 Å². The average Bonchev–Trinajstić information content (AvgIpc) is 3.11. The third kappa shape index (κ3) is 3.73. The number of halogens is 2. The number of piperazine rings is 1. The van der Waals surface area contributed by atoms with Crippen molar-refractivity contribution in [2.24, 2.45) is 0 Å². The topological polar surface area (TPSA) is 67.5 Å². The number of methoxy groups -OCH3 is 1. The molecule has 1 aromatic carbocycles. The van der Waals surface area contributed by atoms with Gasteiger partial charge in [0, 0.05) is 44.9 Å². The SMILES string of the molecule is COCc1noc(CN2CCN(c3ccc4c(Cl)ccnc4c3F)CC2)n1. The monoisotopic (exact) mass is 391 g/mol. The molecular weight excluding hydrogens is 373 g/mol. The van der Waals surface area contributed by atoms with Crippen molar-refractivity contribution in [2.75, 3.05) is 38.2 Å². The van der Waals surface area contributed by atoms with Crippen molar-refractivity contribution in [3.8, 4) is 0 Å². The van der Waals surface area contributed by atoms with Crippen LogP contribution < -0.4 is 4.90 Å². The number of ether oxygens (including phenoxy) is 1. The minimum Gasteiger partial charge on any atom is -0.377 e. The maximum Gasteiger partial charge on any atom is 0.240 e. The summed E-state index contributed by atoms with van der Waals surface area (Å²) in [5.74, 6) is 0.770. The van der Waals surface area contributed by atoms with Crippen molar-refractivity contribution in [2.45, 2.75) is 13.2 Å². The summed E-state index contributed by atoms with van der Waals surface area (Å²) in [6.45, 7) is 3.83. The molecule has 9 heteroatoms. The molecule has 4 rings (SSSR count). The lowest BCUT2D eigenvalue weighted by Gasteiger charge is -2.35. The number of fused-ring (bicyclic) bond motifs is 1. The Hall–Kier alpha value is -2.29. The van der Waals surface area contributed by atoms with Crippen molar-refractivity contribution in [3.63, 3.8) is 0 Å². The summed E-state index contributed by atoms with van der Waals surface area (Å²) in [5.41, 5.74) is 0.857. The van der Waals surface area contributed by atoms with E-state index >= 15 is 0 Å². The van der Waals surface area contributed by atoms with Gasteiger partial charge in [0.15, 0.2) is 11.6 Å². The largest absolute Gasteiger partial charge is 0.377 e. The van der Waals surface area contributed by atoms with Gasteiger partial charge in [0.05, 0.1) is 17.3 Å². The molecule has 3 heterocycles. The van der Waals surface area contributed by atoms with Crippen LogP contribution in [-0.2, 0) is 17.9 Å². The van der Waals surface area contributed by atoms with E-state index in [9.17, 15) is 4.39 Å². The molecule has 0 bridgehead atoms. The summed E-state index contributed by atoms with van der Waals surface area (Å²) < 4.78 is 25.2. The van der Waals surface area contributed by atoms with Crippen LogP contribution in [0.15, 0.2) is 28.9 Å². The van der Waals surface area contributed by atoms with Crippen molar-refractivity contribution in [1.82, 2.24) is 20.0 Å². The lowest BCUT2D eigenvalue weighted by molar-refractivity contribution is 0.174. The predicted octanol–water partition coefficient (Wildman–Crippen LogP) is 2.88. The summed E-state index contributed by atoms with van der Waals surface area (Å²) in [6, 6.07) is 5.26. The Morgan fingerprint density at radius 3 is 2.81 bits per heavy atom. The molecule has 0 amide bonds. The van der Waals surface area contributed by atoms with E-state index in [1.165, 1.54) is 6.20 Å². The number of hydrogen-bond acceptors (Lipinski definition) is 7. The zero-order valence-corrected chi connectivity index (χ0v) is 15.6. The second-order valence-electron chi connectivity index (χ2n) is 6.39. The van der Waals surface area contributed by atoms with E-state index in [0.29, 0.717) is 59.6 Å². The molecule has 27 heavy (non-hydrogen) atoms.